The number of halogens is 2. The van der Waals surface area contributed by atoms with Crippen LogP contribution >= 0.6 is 23.2 Å². The molecule has 0 saturated carbocycles. The van der Waals surface area contributed by atoms with Crippen molar-refractivity contribution in [2.75, 3.05) is 0 Å². The fourth-order valence-corrected chi connectivity index (χ4v) is 4.07. The number of nitrogens with zero attached hydrogens (tertiary/aromatic N) is 4. The molecule has 0 bridgehead atoms. The van der Waals surface area contributed by atoms with E-state index in [0.717, 1.165) is 33.7 Å². The molecular formula is C24H22Cl2N4O2. The Labute approximate surface area is 196 Å². The van der Waals surface area contributed by atoms with Crippen molar-refractivity contribution in [2.24, 2.45) is 0 Å². The first-order valence-electron chi connectivity index (χ1n) is 10.1. The molecule has 0 N–H and O–H groups in total. The van der Waals surface area contributed by atoms with E-state index in [1.165, 1.54) is 6.08 Å². The lowest BCUT2D eigenvalue weighted by atomic mass is 10.1. The number of hydrogen-bond donors (Lipinski definition) is 0. The summed E-state index contributed by atoms with van der Waals surface area (Å²) < 4.78 is 9.11. The number of aromatic nitrogens is 4. The number of aryl methyl sites for hydroxylation is 2. The SMILES string of the molecule is Cc1nn(Cc2c(Cl)cccc2Cl)c(C)c1/C=C/C(=O)OCc1cn2cccc(C)c2n1. The molecule has 0 fully saturated rings. The Kier molecular flexibility index (Phi) is 6.35. The van der Waals surface area contributed by atoms with Crippen molar-refractivity contribution in [3.8, 4) is 0 Å². The van der Waals surface area contributed by atoms with E-state index < -0.39 is 5.97 Å². The molecule has 1 aromatic carbocycles. The molecule has 0 amide bonds. The summed E-state index contributed by atoms with van der Waals surface area (Å²) in [7, 11) is 0. The molecule has 4 rings (SSSR count). The number of rotatable bonds is 6. The maximum atomic E-state index is 12.3. The standard InChI is InChI=1S/C24H22Cl2N4O2/c1-15-6-5-11-29-12-18(27-24(15)29)14-32-23(31)10-9-19-16(2)28-30(17(19)3)13-20-21(25)7-4-8-22(20)26/h4-12H,13-14H2,1-3H3/b10-9+. The van der Waals surface area contributed by atoms with Gasteiger partial charge in [-0.25, -0.2) is 9.78 Å². The van der Waals surface area contributed by atoms with E-state index >= 15 is 0 Å². The first kappa shape index (κ1) is 22.1. The Bertz CT molecular complexity index is 1320. The van der Waals surface area contributed by atoms with Crippen molar-refractivity contribution in [3.63, 3.8) is 0 Å². The average molecular weight is 469 g/mol. The van der Waals surface area contributed by atoms with Crippen LogP contribution in [-0.2, 0) is 22.7 Å². The van der Waals surface area contributed by atoms with Crippen LogP contribution in [-0.4, -0.2) is 25.1 Å². The van der Waals surface area contributed by atoms with Crippen molar-refractivity contribution in [2.45, 2.75) is 33.9 Å². The molecule has 164 valence electrons. The molecule has 3 heterocycles. The zero-order chi connectivity index (χ0) is 22.8. The Morgan fingerprint density at radius 3 is 2.59 bits per heavy atom. The second-order valence-electron chi connectivity index (χ2n) is 7.54. The molecule has 6 nitrogen and oxygen atoms in total. The number of hydrogen-bond acceptors (Lipinski definition) is 4. The van der Waals surface area contributed by atoms with Crippen LogP contribution in [0.2, 0.25) is 10.0 Å². The molecule has 32 heavy (non-hydrogen) atoms. The van der Waals surface area contributed by atoms with Crippen LogP contribution in [0.4, 0.5) is 0 Å². The predicted octanol–water partition coefficient (Wildman–Crippen LogP) is 5.57. The van der Waals surface area contributed by atoms with Gasteiger partial charge in [-0.3, -0.25) is 4.68 Å². The molecule has 0 unspecified atom stereocenters. The minimum Gasteiger partial charge on any atom is -0.456 e. The van der Waals surface area contributed by atoms with Crippen LogP contribution in [0, 0.1) is 20.8 Å². The average Bonchev–Trinajstić information content (AvgIpc) is 3.29. The molecule has 3 aromatic heterocycles. The normalized spacial score (nSPS) is 11.5. The molecule has 0 aliphatic carbocycles. The third kappa shape index (κ3) is 4.56. The highest BCUT2D eigenvalue weighted by molar-refractivity contribution is 6.35. The van der Waals surface area contributed by atoms with Gasteiger partial charge in [0.05, 0.1) is 17.9 Å². The quantitative estimate of drug-likeness (QED) is 0.274. The second kappa shape index (κ2) is 9.18. The topological polar surface area (TPSA) is 61.4 Å². The lowest BCUT2D eigenvalue weighted by Crippen LogP contribution is -2.05. The highest BCUT2D eigenvalue weighted by Gasteiger charge is 2.13. The van der Waals surface area contributed by atoms with Gasteiger partial charge in [0.25, 0.3) is 0 Å². The molecule has 4 aromatic rings. The van der Waals surface area contributed by atoms with Gasteiger partial charge in [0, 0.05) is 45.3 Å². The van der Waals surface area contributed by atoms with Crippen LogP contribution in [0.25, 0.3) is 11.7 Å². The van der Waals surface area contributed by atoms with Crippen LogP contribution < -0.4 is 0 Å². The number of carbonyl (C=O) groups excluding carboxylic acids is 1. The van der Waals surface area contributed by atoms with Crippen LogP contribution in [0.5, 0.6) is 0 Å². The summed E-state index contributed by atoms with van der Waals surface area (Å²) in [5.41, 5.74) is 5.96. The number of ether oxygens (including phenoxy) is 1. The minimum absolute atomic E-state index is 0.104. The number of fused-ring (bicyclic) bond motifs is 1. The first-order valence-corrected chi connectivity index (χ1v) is 10.8. The predicted molar refractivity (Wildman–Crippen MR) is 126 cm³/mol. The van der Waals surface area contributed by atoms with Crippen molar-refractivity contribution in [1.82, 2.24) is 19.2 Å². The molecular weight excluding hydrogens is 447 g/mol. The van der Waals surface area contributed by atoms with Gasteiger partial charge in [-0.1, -0.05) is 35.3 Å². The van der Waals surface area contributed by atoms with Crippen LogP contribution in [0.3, 0.4) is 0 Å². The molecule has 0 atom stereocenters. The second-order valence-corrected chi connectivity index (χ2v) is 8.35. The Balaban J connectivity index is 1.44. The first-order chi connectivity index (χ1) is 15.3. The van der Waals surface area contributed by atoms with Crippen molar-refractivity contribution < 1.29 is 9.53 Å². The van der Waals surface area contributed by atoms with Gasteiger partial charge in [0.1, 0.15) is 12.3 Å². The van der Waals surface area contributed by atoms with Gasteiger partial charge < -0.3 is 9.14 Å². The Morgan fingerprint density at radius 1 is 1.12 bits per heavy atom. The fourth-order valence-electron chi connectivity index (χ4n) is 3.56. The fraction of sp³-hybridized carbons (Fsp3) is 0.208. The van der Waals surface area contributed by atoms with E-state index in [1.54, 1.807) is 18.2 Å². The monoisotopic (exact) mass is 468 g/mol. The van der Waals surface area contributed by atoms with Gasteiger partial charge in [0.15, 0.2) is 0 Å². The zero-order valence-electron chi connectivity index (χ0n) is 18.0. The number of esters is 1. The molecule has 0 radical (unpaired) electrons. The van der Waals surface area contributed by atoms with Crippen LogP contribution in [0.15, 0.2) is 48.8 Å². The Hall–Kier alpha value is -3.09. The summed E-state index contributed by atoms with van der Waals surface area (Å²) >= 11 is 12.6. The highest BCUT2D eigenvalue weighted by Crippen LogP contribution is 2.26. The number of pyridine rings is 1. The lowest BCUT2D eigenvalue weighted by molar-refractivity contribution is -0.139. The molecule has 0 saturated heterocycles. The molecule has 0 spiro atoms. The zero-order valence-corrected chi connectivity index (χ0v) is 19.5. The van der Waals surface area contributed by atoms with Crippen molar-refractivity contribution in [3.05, 3.63) is 92.6 Å². The number of carbonyl (C=O) groups is 1. The third-order valence-corrected chi connectivity index (χ3v) is 5.99. The van der Waals surface area contributed by atoms with E-state index in [4.69, 9.17) is 27.9 Å². The van der Waals surface area contributed by atoms with Crippen LogP contribution in [0.1, 0.15) is 33.8 Å². The van der Waals surface area contributed by atoms with Gasteiger partial charge in [-0.2, -0.15) is 5.10 Å². The van der Waals surface area contributed by atoms with E-state index in [0.29, 0.717) is 22.3 Å². The number of benzene rings is 1. The third-order valence-electron chi connectivity index (χ3n) is 5.28. The summed E-state index contributed by atoms with van der Waals surface area (Å²) in [4.78, 5) is 16.8. The highest BCUT2D eigenvalue weighted by atomic mass is 35.5. The minimum atomic E-state index is -0.445. The van der Waals surface area contributed by atoms with E-state index in [2.05, 4.69) is 10.1 Å². The summed E-state index contributed by atoms with van der Waals surface area (Å²) in [6.45, 7) is 6.37. The summed E-state index contributed by atoms with van der Waals surface area (Å²) in [6.07, 6.45) is 6.90. The van der Waals surface area contributed by atoms with Gasteiger partial charge >= 0.3 is 5.97 Å². The summed E-state index contributed by atoms with van der Waals surface area (Å²) in [5.74, 6) is -0.445. The lowest BCUT2D eigenvalue weighted by Gasteiger charge is -2.09. The maximum absolute atomic E-state index is 12.3. The molecule has 0 aliphatic heterocycles. The number of imidazole rings is 1. The molecule has 0 aliphatic rings. The van der Waals surface area contributed by atoms with Gasteiger partial charge in [-0.15, -0.1) is 0 Å². The van der Waals surface area contributed by atoms with E-state index in [-0.39, 0.29) is 6.61 Å². The largest absolute Gasteiger partial charge is 0.456 e. The van der Waals surface area contributed by atoms with Gasteiger partial charge in [0.2, 0.25) is 0 Å². The van der Waals surface area contributed by atoms with Crippen molar-refractivity contribution in [1.29, 1.82) is 0 Å². The Morgan fingerprint density at radius 2 is 1.88 bits per heavy atom. The van der Waals surface area contributed by atoms with Crippen molar-refractivity contribution >= 4 is 40.9 Å². The smallest absolute Gasteiger partial charge is 0.331 e. The molecule has 8 heteroatoms. The summed E-state index contributed by atoms with van der Waals surface area (Å²) in [6, 6.07) is 9.35. The summed E-state index contributed by atoms with van der Waals surface area (Å²) in [5, 5.41) is 5.76. The van der Waals surface area contributed by atoms with E-state index in [1.807, 2.05) is 60.4 Å². The van der Waals surface area contributed by atoms with Gasteiger partial charge in [-0.05, 0) is 50.6 Å². The van der Waals surface area contributed by atoms with E-state index in [9.17, 15) is 4.79 Å². The maximum Gasteiger partial charge on any atom is 0.331 e.